The molecule has 40 heavy (non-hydrogen) atoms. The van der Waals surface area contributed by atoms with E-state index in [0.717, 1.165) is 79.7 Å². The van der Waals surface area contributed by atoms with Crippen molar-refractivity contribution in [1.29, 1.82) is 0 Å². The minimum Gasteiger partial charge on any atom is -0.497 e. The van der Waals surface area contributed by atoms with Crippen molar-refractivity contribution in [2.45, 2.75) is 38.8 Å². The Morgan fingerprint density at radius 1 is 1.10 bits per heavy atom. The van der Waals surface area contributed by atoms with Gasteiger partial charge in [0, 0.05) is 64.1 Å². The first-order valence-corrected chi connectivity index (χ1v) is 13.9. The number of benzene rings is 2. The van der Waals surface area contributed by atoms with E-state index in [9.17, 15) is 4.39 Å². The first-order valence-electron chi connectivity index (χ1n) is 13.9. The summed E-state index contributed by atoms with van der Waals surface area (Å²) in [4.78, 5) is 16.8. The zero-order valence-corrected chi connectivity index (χ0v) is 23.4. The van der Waals surface area contributed by atoms with Gasteiger partial charge in [0.1, 0.15) is 17.4 Å². The monoisotopic (exact) mass is 544 g/mol. The van der Waals surface area contributed by atoms with Gasteiger partial charge in [-0.1, -0.05) is 12.1 Å². The quantitative estimate of drug-likeness (QED) is 0.219. The molecule has 1 aliphatic rings. The number of aryl methyl sites for hydroxylation is 1. The summed E-state index contributed by atoms with van der Waals surface area (Å²) in [6, 6.07) is 16.9. The van der Waals surface area contributed by atoms with Crippen molar-refractivity contribution in [1.82, 2.24) is 24.4 Å². The van der Waals surface area contributed by atoms with Crippen LogP contribution in [0, 0.1) is 5.82 Å². The van der Waals surface area contributed by atoms with Crippen LogP contribution >= 0.6 is 0 Å². The number of nitrogens with zero attached hydrogens (tertiary/aromatic N) is 5. The van der Waals surface area contributed by atoms with E-state index in [4.69, 9.17) is 19.4 Å². The summed E-state index contributed by atoms with van der Waals surface area (Å²) in [5.41, 5.74) is 4.64. The van der Waals surface area contributed by atoms with Crippen LogP contribution in [-0.2, 0) is 17.7 Å². The summed E-state index contributed by atoms with van der Waals surface area (Å²) >= 11 is 0. The molecule has 1 atom stereocenters. The van der Waals surface area contributed by atoms with E-state index in [1.807, 2.05) is 25.1 Å². The number of hydrogen-bond donors (Lipinski definition) is 1. The Balaban J connectivity index is 1.52. The minimum absolute atomic E-state index is 0.206. The Hall–Kier alpha value is -3.82. The summed E-state index contributed by atoms with van der Waals surface area (Å²) < 4.78 is 27.0. The highest BCUT2D eigenvalue weighted by Gasteiger charge is 2.32. The van der Waals surface area contributed by atoms with Crippen LogP contribution in [0.2, 0.25) is 0 Å². The molecule has 8 nitrogen and oxygen atoms in total. The molecule has 5 rings (SSSR count). The molecule has 0 amide bonds. The van der Waals surface area contributed by atoms with E-state index in [2.05, 4.69) is 31.9 Å². The zero-order chi connectivity index (χ0) is 27.9. The van der Waals surface area contributed by atoms with Crippen molar-refractivity contribution in [3.8, 4) is 28.4 Å². The molecule has 1 unspecified atom stereocenters. The lowest BCUT2D eigenvalue weighted by Crippen LogP contribution is -2.31. The number of hydrogen-bond acceptors (Lipinski definition) is 7. The second-order valence-electron chi connectivity index (χ2n) is 10.0. The van der Waals surface area contributed by atoms with Crippen molar-refractivity contribution in [2.75, 3.05) is 45.8 Å². The molecule has 0 saturated heterocycles. The maximum Gasteiger partial charge on any atom is 0.223 e. The molecule has 1 N–H and O–H groups in total. The third-order valence-corrected chi connectivity index (χ3v) is 7.23. The molecule has 4 aromatic rings. The van der Waals surface area contributed by atoms with Gasteiger partial charge in [0.15, 0.2) is 0 Å². The lowest BCUT2D eigenvalue weighted by Gasteiger charge is -2.27. The molecule has 0 saturated carbocycles. The first kappa shape index (κ1) is 27.7. The average molecular weight is 545 g/mol. The van der Waals surface area contributed by atoms with E-state index in [0.29, 0.717) is 12.6 Å². The van der Waals surface area contributed by atoms with Gasteiger partial charge in [-0.15, -0.1) is 0 Å². The smallest absolute Gasteiger partial charge is 0.223 e. The number of nitrogens with one attached hydrogen (secondary N) is 1. The largest absolute Gasteiger partial charge is 0.497 e. The second kappa shape index (κ2) is 13.0. The molecule has 0 radical (unpaired) electrons. The van der Waals surface area contributed by atoms with E-state index in [1.165, 1.54) is 17.7 Å². The lowest BCUT2D eigenvalue weighted by molar-refractivity contribution is 0.161. The molecule has 9 heteroatoms. The third-order valence-electron chi connectivity index (χ3n) is 7.23. The van der Waals surface area contributed by atoms with Crippen molar-refractivity contribution in [2.24, 2.45) is 0 Å². The average Bonchev–Trinajstić information content (AvgIpc) is 3.54. The minimum atomic E-state index is -0.268. The van der Waals surface area contributed by atoms with Gasteiger partial charge in [-0.2, -0.15) is 0 Å². The van der Waals surface area contributed by atoms with E-state index in [1.54, 1.807) is 32.5 Å². The van der Waals surface area contributed by atoms with Crippen LogP contribution in [0.25, 0.3) is 22.6 Å². The number of halogens is 1. The van der Waals surface area contributed by atoms with Gasteiger partial charge in [0.25, 0.3) is 0 Å². The molecule has 2 aromatic carbocycles. The fraction of sp³-hybridized carbons (Fsp3) is 0.387. The SMILES string of the molecule is CCNc1nccc(-c2c(-c3ccc(F)cc3)nc3n2C(CN(CCCOC)Cc2cccc(OC)c2)CC3)n1. The van der Waals surface area contributed by atoms with Gasteiger partial charge in [-0.05, 0) is 67.8 Å². The Kier molecular flexibility index (Phi) is 9.03. The van der Waals surface area contributed by atoms with Gasteiger partial charge in [0.05, 0.1) is 24.2 Å². The highest BCUT2D eigenvalue weighted by molar-refractivity contribution is 5.78. The Labute approximate surface area is 235 Å². The predicted molar refractivity (Wildman–Crippen MR) is 155 cm³/mol. The summed E-state index contributed by atoms with van der Waals surface area (Å²) in [7, 11) is 3.44. The number of ether oxygens (including phenoxy) is 2. The third kappa shape index (κ3) is 6.32. The van der Waals surface area contributed by atoms with Gasteiger partial charge < -0.3 is 19.4 Å². The number of imidazole rings is 1. The Morgan fingerprint density at radius 2 is 1.95 bits per heavy atom. The molecule has 3 heterocycles. The molecular weight excluding hydrogens is 507 g/mol. The maximum absolute atomic E-state index is 13.8. The number of rotatable bonds is 13. The Morgan fingerprint density at radius 3 is 2.73 bits per heavy atom. The number of anilines is 1. The molecule has 0 aliphatic carbocycles. The summed E-state index contributed by atoms with van der Waals surface area (Å²) in [5.74, 6) is 2.20. The predicted octanol–water partition coefficient (Wildman–Crippen LogP) is 5.61. The normalized spacial score (nSPS) is 14.5. The molecule has 0 bridgehead atoms. The van der Waals surface area contributed by atoms with E-state index >= 15 is 0 Å². The first-order chi connectivity index (χ1) is 19.6. The maximum atomic E-state index is 13.8. The van der Waals surface area contributed by atoms with Gasteiger partial charge >= 0.3 is 0 Å². The zero-order valence-electron chi connectivity index (χ0n) is 23.4. The number of fused-ring (bicyclic) bond motifs is 1. The van der Waals surface area contributed by atoms with Gasteiger partial charge in [0.2, 0.25) is 5.95 Å². The van der Waals surface area contributed by atoms with Gasteiger partial charge in [-0.25, -0.2) is 19.3 Å². The van der Waals surface area contributed by atoms with Gasteiger partial charge in [-0.3, -0.25) is 4.90 Å². The summed E-state index contributed by atoms with van der Waals surface area (Å²) in [6.07, 6.45) is 4.58. The van der Waals surface area contributed by atoms with Crippen molar-refractivity contribution >= 4 is 5.95 Å². The van der Waals surface area contributed by atoms with Crippen LogP contribution in [0.1, 0.15) is 37.2 Å². The van der Waals surface area contributed by atoms with Crippen LogP contribution in [0.15, 0.2) is 60.8 Å². The molecule has 2 aromatic heterocycles. The molecule has 0 fully saturated rings. The molecular formula is C31H37FN6O2. The van der Waals surface area contributed by atoms with Crippen molar-refractivity contribution in [3.63, 3.8) is 0 Å². The van der Waals surface area contributed by atoms with Crippen LogP contribution in [0.3, 0.4) is 0 Å². The van der Waals surface area contributed by atoms with Crippen LogP contribution in [0.4, 0.5) is 10.3 Å². The number of methoxy groups -OCH3 is 2. The van der Waals surface area contributed by atoms with Crippen molar-refractivity contribution < 1.29 is 13.9 Å². The second-order valence-corrected chi connectivity index (χ2v) is 10.0. The summed E-state index contributed by atoms with van der Waals surface area (Å²) in [5, 5.41) is 3.22. The molecule has 1 aliphatic heterocycles. The van der Waals surface area contributed by atoms with Crippen LogP contribution < -0.4 is 10.1 Å². The summed E-state index contributed by atoms with van der Waals surface area (Å²) in [6.45, 7) is 6.02. The fourth-order valence-corrected chi connectivity index (χ4v) is 5.43. The highest BCUT2D eigenvalue weighted by Crippen LogP contribution is 2.39. The van der Waals surface area contributed by atoms with E-state index in [-0.39, 0.29) is 11.9 Å². The van der Waals surface area contributed by atoms with Crippen LogP contribution in [0.5, 0.6) is 5.75 Å². The topological polar surface area (TPSA) is 77.3 Å². The highest BCUT2D eigenvalue weighted by atomic mass is 19.1. The van der Waals surface area contributed by atoms with E-state index < -0.39 is 0 Å². The fourth-order valence-electron chi connectivity index (χ4n) is 5.43. The molecule has 0 spiro atoms. The molecule has 210 valence electrons. The standard InChI is InChI=1S/C31H37FN6O2/c1-4-33-31-34-16-15-27(35-31)30-29(23-9-11-24(32)12-10-23)36-28-14-13-25(38(28)30)21-37(17-6-18-39-2)20-22-7-5-8-26(19-22)40-3/h5,7-12,15-16,19,25H,4,6,13-14,17-18,20-21H2,1-3H3,(H,33,34,35). The van der Waals surface area contributed by atoms with Crippen molar-refractivity contribution in [3.05, 3.63) is 78.0 Å². The lowest BCUT2D eigenvalue weighted by atomic mass is 10.1. The Bertz CT molecular complexity index is 1410. The van der Waals surface area contributed by atoms with Crippen LogP contribution in [-0.4, -0.2) is 64.9 Å². The number of aromatic nitrogens is 4.